The lowest BCUT2D eigenvalue weighted by molar-refractivity contribution is 0.0123. The van der Waals surface area contributed by atoms with Gasteiger partial charge in [0.25, 0.3) is 0 Å². The highest BCUT2D eigenvalue weighted by molar-refractivity contribution is 8.00. The van der Waals surface area contributed by atoms with Crippen LogP contribution in [0.4, 0.5) is 0 Å². The maximum atomic E-state index is 6.88. The van der Waals surface area contributed by atoms with Crippen LogP contribution in [0, 0.1) is 35.5 Å². The highest BCUT2D eigenvalue weighted by atomic mass is 35.5. The van der Waals surface area contributed by atoms with Gasteiger partial charge < -0.3 is 4.74 Å². The molecule has 1 nitrogen and oxygen atoms in total. The van der Waals surface area contributed by atoms with Crippen LogP contribution in [0.2, 0.25) is 0 Å². The third kappa shape index (κ3) is 1.10. The molecule has 0 spiro atoms. The van der Waals surface area contributed by atoms with Gasteiger partial charge in [0.15, 0.2) is 0 Å². The van der Waals surface area contributed by atoms with Gasteiger partial charge in [-0.1, -0.05) is 29.8 Å². The first-order valence-corrected chi connectivity index (χ1v) is 9.10. The molecule has 1 aliphatic heterocycles. The molecular weight excluding hydrogens is 288 g/mol. The first-order chi connectivity index (χ1) is 9.76. The second-order valence-corrected chi connectivity index (χ2v) is 9.27. The molecule has 6 rings (SSSR count). The molecule has 9 atom stereocenters. The van der Waals surface area contributed by atoms with Crippen molar-refractivity contribution in [1.82, 2.24) is 0 Å². The highest BCUT2D eigenvalue weighted by Crippen LogP contribution is 2.80. The smallest absolute Gasteiger partial charge is 0.145 e. The van der Waals surface area contributed by atoms with E-state index in [0.717, 1.165) is 36.0 Å². The zero-order valence-corrected chi connectivity index (χ0v) is 12.7. The summed E-state index contributed by atoms with van der Waals surface area (Å²) < 4.78 is 6.45. The Hall–Kier alpha value is -0.180. The number of benzene rings is 1. The van der Waals surface area contributed by atoms with Crippen LogP contribution in [0.25, 0.3) is 0 Å². The molecule has 0 N–H and O–H groups in total. The van der Waals surface area contributed by atoms with Crippen LogP contribution in [0.5, 0.6) is 0 Å². The topological polar surface area (TPSA) is 9.23 Å². The van der Waals surface area contributed by atoms with Gasteiger partial charge in [-0.25, -0.2) is 0 Å². The van der Waals surface area contributed by atoms with E-state index >= 15 is 0 Å². The minimum absolute atomic E-state index is 0.278. The molecule has 0 radical (unpaired) electrons. The van der Waals surface area contributed by atoms with Gasteiger partial charge in [-0.2, -0.15) is 0 Å². The van der Waals surface area contributed by atoms with Crippen molar-refractivity contribution < 1.29 is 4.74 Å². The van der Waals surface area contributed by atoms with Gasteiger partial charge in [-0.3, -0.25) is 0 Å². The van der Waals surface area contributed by atoms with E-state index in [1.54, 1.807) is 0 Å². The fourth-order valence-electron chi connectivity index (χ4n) is 6.65. The van der Waals surface area contributed by atoms with E-state index in [0.29, 0.717) is 17.3 Å². The molecule has 1 aromatic rings. The molecule has 4 aliphatic carbocycles. The summed E-state index contributed by atoms with van der Waals surface area (Å²) >= 11 is 8.94. The average molecular weight is 305 g/mol. The highest BCUT2D eigenvalue weighted by Gasteiger charge is 2.80. The molecule has 0 aromatic heterocycles. The van der Waals surface area contributed by atoms with E-state index in [1.165, 1.54) is 11.3 Å². The third-order valence-corrected chi connectivity index (χ3v) is 8.79. The summed E-state index contributed by atoms with van der Waals surface area (Å²) in [5.74, 6) is 5.00. The van der Waals surface area contributed by atoms with Crippen LogP contribution < -0.4 is 0 Å². The summed E-state index contributed by atoms with van der Waals surface area (Å²) in [6.45, 7) is 0. The van der Waals surface area contributed by atoms with E-state index in [4.69, 9.17) is 16.3 Å². The van der Waals surface area contributed by atoms with Crippen molar-refractivity contribution in [3.05, 3.63) is 30.3 Å². The molecule has 1 saturated heterocycles. The van der Waals surface area contributed by atoms with Crippen LogP contribution in [0.3, 0.4) is 0 Å². The van der Waals surface area contributed by atoms with Crippen LogP contribution >= 0.6 is 23.4 Å². The van der Waals surface area contributed by atoms with Crippen molar-refractivity contribution in [2.45, 2.75) is 34.2 Å². The average Bonchev–Trinajstić information content (AvgIpc) is 3.11. The number of fused-ring (bicyclic) bond motifs is 1. The molecule has 0 unspecified atom stereocenters. The van der Waals surface area contributed by atoms with Crippen molar-refractivity contribution in [3.63, 3.8) is 0 Å². The number of ether oxygens (including phenoxy) is 1. The van der Waals surface area contributed by atoms with Gasteiger partial charge in [0, 0.05) is 16.1 Å². The molecule has 1 aromatic carbocycles. The van der Waals surface area contributed by atoms with E-state index in [-0.39, 0.29) is 5.06 Å². The number of hydrogen-bond acceptors (Lipinski definition) is 2. The Balaban J connectivity index is 1.44. The molecule has 3 heteroatoms. The van der Waals surface area contributed by atoms with Crippen LogP contribution in [0.15, 0.2) is 35.2 Å². The quantitative estimate of drug-likeness (QED) is 0.763. The number of thioether (sulfide) groups is 1. The standard InChI is InChI=1S/C17H17ClOS/c18-17-7-11-9-6-10-12(11)16(15(19-17)13(10)14(9)17)20-8-4-2-1-3-5-8/h1-5,9-16H,6-7H2/t9-,10+,11-,12+,13-,14-,15+,16-,17+/m1/s1. The zero-order chi connectivity index (χ0) is 13.1. The van der Waals surface area contributed by atoms with E-state index < -0.39 is 0 Å². The number of alkyl halides is 1. The molecule has 1 heterocycles. The third-order valence-electron chi connectivity index (χ3n) is 6.90. The Labute approximate surface area is 128 Å². The van der Waals surface area contributed by atoms with Crippen LogP contribution in [-0.2, 0) is 4.74 Å². The summed E-state index contributed by atoms with van der Waals surface area (Å²) in [5, 5.41) is 0.371. The Morgan fingerprint density at radius 2 is 1.95 bits per heavy atom. The lowest BCUT2D eigenvalue weighted by atomic mass is 9.80. The second-order valence-electron chi connectivity index (χ2n) is 7.38. The summed E-state index contributed by atoms with van der Waals surface area (Å²) in [6, 6.07) is 10.9. The molecule has 5 aliphatic rings. The Morgan fingerprint density at radius 3 is 2.80 bits per heavy atom. The number of hydrogen-bond donors (Lipinski definition) is 0. The maximum Gasteiger partial charge on any atom is 0.145 e. The normalized spacial score (nSPS) is 60.0. The first kappa shape index (κ1) is 11.4. The summed E-state index contributed by atoms with van der Waals surface area (Å²) in [4.78, 5) is 1.40. The van der Waals surface area contributed by atoms with E-state index in [9.17, 15) is 0 Å². The van der Waals surface area contributed by atoms with Gasteiger partial charge in [0.1, 0.15) is 5.06 Å². The van der Waals surface area contributed by atoms with E-state index in [2.05, 4.69) is 42.1 Å². The summed E-state index contributed by atoms with van der Waals surface area (Å²) in [7, 11) is 0. The maximum absolute atomic E-state index is 6.88. The minimum Gasteiger partial charge on any atom is -0.355 e. The molecule has 20 heavy (non-hydrogen) atoms. The lowest BCUT2D eigenvalue weighted by Crippen LogP contribution is -2.29. The molecule has 104 valence electrons. The van der Waals surface area contributed by atoms with Crippen molar-refractivity contribution in [1.29, 1.82) is 0 Å². The van der Waals surface area contributed by atoms with Gasteiger partial charge in [-0.05, 0) is 54.6 Å². The fourth-order valence-corrected chi connectivity index (χ4v) is 8.80. The van der Waals surface area contributed by atoms with Crippen molar-refractivity contribution >= 4 is 23.4 Å². The lowest BCUT2D eigenvalue weighted by Gasteiger charge is -2.28. The van der Waals surface area contributed by atoms with Gasteiger partial charge in [-0.15, -0.1) is 11.8 Å². The number of rotatable bonds is 2. The van der Waals surface area contributed by atoms with Crippen molar-refractivity contribution in [2.24, 2.45) is 35.5 Å². The molecular formula is C17H17ClOS. The SMILES string of the molecule is Cl[C@@]12C[C@@H]3[C@H]4C[C@H]5[C@@H]3[C@@H](Sc3ccccc3)[C@@H](O1)[C@H]5[C@@H]42. The van der Waals surface area contributed by atoms with Crippen molar-refractivity contribution in [3.8, 4) is 0 Å². The molecule has 5 fully saturated rings. The summed E-state index contributed by atoms with van der Waals surface area (Å²) in [6.07, 6.45) is 3.00. The summed E-state index contributed by atoms with van der Waals surface area (Å²) in [5.41, 5.74) is 0. The Kier molecular flexibility index (Phi) is 1.95. The number of halogens is 1. The minimum atomic E-state index is -0.278. The largest absolute Gasteiger partial charge is 0.355 e. The zero-order valence-electron chi connectivity index (χ0n) is 11.1. The molecule has 2 bridgehead atoms. The van der Waals surface area contributed by atoms with E-state index in [1.807, 2.05) is 0 Å². The predicted octanol–water partition coefficient (Wildman–Crippen LogP) is 4.01. The van der Waals surface area contributed by atoms with Crippen LogP contribution in [0.1, 0.15) is 12.8 Å². The van der Waals surface area contributed by atoms with Crippen molar-refractivity contribution in [2.75, 3.05) is 0 Å². The monoisotopic (exact) mass is 304 g/mol. The predicted molar refractivity (Wildman–Crippen MR) is 79.7 cm³/mol. The molecule has 0 amide bonds. The first-order valence-electron chi connectivity index (χ1n) is 7.85. The fraction of sp³-hybridized carbons (Fsp3) is 0.647. The van der Waals surface area contributed by atoms with Gasteiger partial charge >= 0.3 is 0 Å². The van der Waals surface area contributed by atoms with Gasteiger partial charge in [0.05, 0.1) is 6.10 Å². The van der Waals surface area contributed by atoms with Gasteiger partial charge in [0.2, 0.25) is 0 Å². The Morgan fingerprint density at radius 1 is 1.10 bits per heavy atom. The Bertz CT molecular complexity index is 592. The second kappa shape index (κ2) is 3.42. The van der Waals surface area contributed by atoms with Crippen LogP contribution in [-0.4, -0.2) is 16.4 Å². The molecule has 4 saturated carbocycles.